The molecule has 106 valence electrons. The third kappa shape index (κ3) is 3.80. The van der Waals surface area contributed by atoms with E-state index in [0.29, 0.717) is 36.7 Å². The molecule has 1 aliphatic rings. The molecule has 1 saturated carbocycles. The summed E-state index contributed by atoms with van der Waals surface area (Å²) in [6.07, 6.45) is 4.80. The van der Waals surface area contributed by atoms with Crippen molar-refractivity contribution in [3.05, 3.63) is 11.9 Å². The van der Waals surface area contributed by atoms with Crippen LogP contribution in [0.3, 0.4) is 0 Å². The van der Waals surface area contributed by atoms with Gasteiger partial charge in [-0.3, -0.25) is 0 Å². The highest BCUT2D eigenvalue weighted by Gasteiger charge is 2.26. The Morgan fingerprint density at radius 3 is 2.74 bits per heavy atom. The van der Waals surface area contributed by atoms with Gasteiger partial charge in [0, 0.05) is 5.92 Å². The molecule has 0 radical (unpaired) electrons. The van der Waals surface area contributed by atoms with E-state index in [2.05, 4.69) is 9.97 Å². The molecule has 0 amide bonds. The van der Waals surface area contributed by atoms with Gasteiger partial charge in [-0.05, 0) is 39.7 Å². The molecule has 2 atom stereocenters. The standard InChI is InChI=1S/C14H23N3O2/c1-3-18-13-8-14(17-10(2)16-13)19-12-7-5-4-6-11(12)9-15/h8,11-12H,3-7,9,15H2,1-2H3. The first-order chi connectivity index (χ1) is 9.22. The van der Waals surface area contributed by atoms with E-state index in [1.807, 2.05) is 13.8 Å². The number of hydrogen-bond donors (Lipinski definition) is 1. The molecule has 5 nitrogen and oxygen atoms in total. The van der Waals surface area contributed by atoms with Crippen LogP contribution in [-0.4, -0.2) is 29.2 Å². The van der Waals surface area contributed by atoms with Crippen LogP contribution >= 0.6 is 0 Å². The summed E-state index contributed by atoms with van der Waals surface area (Å²) in [7, 11) is 0. The van der Waals surface area contributed by atoms with Crippen molar-refractivity contribution >= 4 is 0 Å². The second-order valence-corrected chi connectivity index (χ2v) is 4.96. The SMILES string of the molecule is CCOc1cc(OC2CCCCC2CN)nc(C)n1. The van der Waals surface area contributed by atoms with Crippen molar-refractivity contribution in [3.8, 4) is 11.8 Å². The van der Waals surface area contributed by atoms with E-state index in [-0.39, 0.29) is 6.10 Å². The van der Waals surface area contributed by atoms with Gasteiger partial charge in [0.2, 0.25) is 11.8 Å². The quantitative estimate of drug-likeness (QED) is 0.882. The van der Waals surface area contributed by atoms with Crippen LogP contribution in [0.2, 0.25) is 0 Å². The molecule has 5 heteroatoms. The van der Waals surface area contributed by atoms with Gasteiger partial charge in [0.15, 0.2) is 0 Å². The van der Waals surface area contributed by atoms with Crippen molar-refractivity contribution < 1.29 is 9.47 Å². The van der Waals surface area contributed by atoms with Crippen LogP contribution in [0.4, 0.5) is 0 Å². The van der Waals surface area contributed by atoms with Gasteiger partial charge in [0.25, 0.3) is 0 Å². The molecule has 1 aliphatic carbocycles. The van der Waals surface area contributed by atoms with E-state index in [1.165, 1.54) is 12.8 Å². The summed E-state index contributed by atoms with van der Waals surface area (Å²) < 4.78 is 11.4. The zero-order chi connectivity index (χ0) is 13.7. The first-order valence-corrected chi connectivity index (χ1v) is 7.08. The minimum atomic E-state index is 0.169. The Hall–Kier alpha value is -1.36. The van der Waals surface area contributed by atoms with E-state index in [4.69, 9.17) is 15.2 Å². The predicted octanol–water partition coefficient (Wildman–Crippen LogP) is 2.08. The lowest BCUT2D eigenvalue weighted by Crippen LogP contribution is -2.35. The monoisotopic (exact) mass is 265 g/mol. The summed E-state index contributed by atoms with van der Waals surface area (Å²) in [6.45, 7) is 5.04. The van der Waals surface area contributed by atoms with Gasteiger partial charge in [-0.15, -0.1) is 0 Å². The third-order valence-electron chi connectivity index (χ3n) is 3.50. The smallest absolute Gasteiger partial charge is 0.220 e. The van der Waals surface area contributed by atoms with Gasteiger partial charge < -0.3 is 15.2 Å². The van der Waals surface area contributed by atoms with Gasteiger partial charge in [0.1, 0.15) is 11.9 Å². The van der Waals surface area contributed by atoms with Gasteiger partial charge in [-0.2, -0.15) is 9.97 Å². The van der Waals surface area contributed by atoms with Crippen molar-refractivity contribution in [1.82, 2.24) is 9.97 Å². The number of rotatable bonds is 5. The zero-order valence-electron chi connectivity index (χ0n) is 11.8. The van der Waals surface area contributed by atoms with Crippen molar-refractivity contribution in [2.24, 2.45) is 11.7 Å². The number of hydrogen-bond acceptors (Lipinski definition) is 5. The van der Waals surface area contributed by atoms with Gasteiger partial charge in [-0.25, -0.2) is 0 Å². The molecule has 2 rings (SSSR count). The van der Waals surface area contributed by atoms with Crippen molar-refractivity contribution in [1.29, 1.82) is 0 Å². The second kappa shape index (κ2) is 6.70. The fraction of sp³-hybridized carbons (Fsp3) is 0.714. The molecule has 0 aliphatic heterocycles. The van der Waals surface area contributed by atoms with Gasteiger partial charge >= 0.3 is 0 Å². The lowest BCUT2D eigenvalue weighted by Gasteiger charge is -2.30. The normalized spacial score (nSPS) is 23.1. The maximum atomic E-state index is 6.02. The molecule has 2 unspecified atom stereocenters. The molecule has 2 N–H and O–H groups in total. The lowest BCUT2D eigenvalue weighted by molar-refractivity contribution is 0.0914. The average molecular weight is 265 g/mol. The Bertz CT molecular complexity index is 412. The Balaban J connectivity index is 2.08. The molecule has 0 saturated heterocycles. The summed E-state index contributed by atoms with van der Waals surface area (Å²) in [4.78, 5) is 8.54. The van der Waals surface area contributed by atoms with E-state index in [0.717, 1.165) is 12.8 Å². The highest BCUT2D eigenvalue weighted by Crippen LogP contribution is 2.28. The van der Waals surface area contributed by atoms with Gasteiger partial charge in [-0.1, -0.05) is 6.42 Å². The van der Waals surface area contributed by atoms with Crippen LogP contribution in [-0.2, 0) is 0 Å². The Labute approximate surface area is 114 Å². The van der Waals surface area contributed by atoms with Crippen LogP contribution in [0, 0.1) is 12.8 Å². The molecular formula is C14H23N3O2. The fourth-order valence-electron chi connectivity index (χ4n) is 2.55. The lowest BCUT2D eigenvalue weighted by atomic mass is 9.86. The van der Waals surface area contributed by atoms with Gasteiger partial charge in [0.05, 0.1) is 12.7 Å². The molecule has 1 aromatic heterocycles. The Kier molecular flexibility index (Phi) is 4.96. The molecular weight excluding hydrogens is 242 g/mol. The predicted molar refractivity (Wildman–Crippen MR) is 73.4 cm³/mol. The van der Waals surface area contributed by atoms with Crippen molar-refractivity contribution in [3.63, 3.8) is 0 Å². The average Bonchev–Trinajstić information content (AvgIpc) is 2.39. The number of nitrogens with two attached hydrogens (primary N) is 1. The highest BCUT2D eigenvalue weighted by atomic mass is 16.5. The molecule has 1 fully saturated rings. The highest BCUT2D eigenvalue weighted by molar-refractivity contribution is 5.21. The summed E-state index contributed by atoms with van der Waals surface area (Å²) in [5.41, 5.74) is 5.82. The maximum absolute atomic E-state index is 6.02. The first-order valence-electron chi connectivity index (χ1n) is 7.08. The fourth-order valence-corrected chi connectivity index (χ4v) is 2.55. The minimum absolute atomic E-state index is 0.169. The number of nitrogens with zero attached hydrogens (tertiary/aromatic N) is 2. The molecule has 19 heavy (non-hydrogen) atoms. The topological polar surface area (TPSA) is 70.3 Å². The number of aryl methyl sites for hydroxylation is 1. The molecule has 0 bridgehead atoms. The van der Waals surface area contributed by atoms with Crippen LogP contribution in [0.15, 0.2) is 6.07 Å². The van der Waals surface area contributed by atoms with Crippen molar-refractivity contribution in [2.45, 2.75) is 45.6 Å². The number of aromatic nitrogens is 2. The first kappa shape index (κ1) is 14.1. The largest absolute Gasteiger partial charge is 0.478 e. The summed E-state index contributed by atoms with van der Waals surface area (Å²) >= 11 is 0. The Morgan fingerprint density at radius 1 is 1.26 bits per heavy atom. The summed E-state index contributed by atoms with van der Waals surface area (Å²) in [5, 5.41) is 0. The third-order valence-corrected chi connectivity index (χ3v) is 3.50. The summed E-state index contributed by atoms with van der Waals surface area (Å²) in [6, 6.07) is 1.76. The van der Waals surface area contributed by atoms with E-state index >= 15 is 0 Å². The number of ether oxygens (including phenoxy) is 2. The molecule has 0 spiro atoms. The van der Waals surface area contributed by atoms with Crippen LogP contribution in [0.1, 0.15) is 38.4 Å². The van der Waals surface area contributed by atoms with Crippen LogP contribution in [0.25, 0.3) is 0 Å². The van der Waals surface area contributed by atoms with Crippen LogP contribution < -0.4 is 15.2 Å². The molecule has 1 heterocycles. The van der Waals surface area contributed by atoms with Crippen molar-refractivity contribution in [2.75, 3.05) is 13.2 Å². The summed E-state index contributed by atoms with van der Waals surface area (Å²) in [5.74, 6) is 2.27. The van der Waals surface area contributed by atoms with Crippen LogP contribution in [0.5, 0.6) is 11.8 Å². The molecule has 0 aromatic carbocycles. The molecule has 1 aromatic rings. The minimum Gasteiger partial charge on any atom is -0.478 e. The maximum Gasteiger partial charge on any atom is 0.220 e. The van der Waals surface area contributed by atoms with E-state index in [1.54, 1.807) is 6.07 Å². The second-order valence-electron chi connectivity index (χ2n) is 4.96. The Morgan fingerprint density at radius 2 is 2.00 bits per heavy atom. The van der Waals surface area contributed by atoms with E-state index < -0.39 is 0 Å². The van der Waals surface area contributed by atoms with E-state index in [9.17, 15) is 0 Å². The zero-order valence-corrected chi connectivity index (χ0v) is 11.8.